The van der Waals surface area contributed by atoms with Crippen LogP contribution in [0.25, 0.3) is 11.3 Å². The van der Waals surface area contributed by atoms with Crippen molar-refractivity contribution in [2.24, 2.45) is 0 Å². The Labute approximate surface area is 321 Å². The number of carbonyl (C=O) groups excluding carboxylic acids is 2. The minimum atomic E-state index is -0.473. The summed E-state index contributed by atoms with van der Waals surface area (Å²) in [6.45, 7) is 20.8. The van der Waals surface area contributed by atoms with Gasteiger partial charge in [-0.15, -0.1) is 0 Å². The molecule has 1 aliphatic heterocycles. The highest BCUT2D eigenvalue weighted by atomic mass is 127. The third-order valence-corrected chi connectivity index (χ3v) is 10.2. The average molecular weight is 831 g/mol. The van der Waals surface area contributed by atoms with Gasteiger partial charge in [-0.3, -0.25) is 0 Å². The highest BCUT2D eigenvalue weighted by Crippen LogP contribution is 2.37. The first-order valence-electron chi connectivity index (χ1n) is 16.8. The largest absolute Gasteiger partial charge is 0.495 e. The van der Waals surface area contributed by atoms with Gasteiger partial charge in [-0.1, -0.05) is 17.7 Å². The van der Waals surface area contributed by atoms with Gasteiger partial charge in [0.05, 0.1) is 42.2 Å². The van der Waals surface area contributed by atoms with Gasteiger partial charge < -0.3 is 38.2 Å². The van der Waals surface area contributed by atoms with Crippen molar-refractivity contribution in [3.05, 3.63) is 84.4 Å². The molecule has 4 aromatic rings. The molecule has 0 spiro atoms. The Kier molecular flexibility index (Phi) is 14.8. The lowest BCUT2D eigenvalue weighted by molar-refractivity contribution is 0.00578. The van der Waals surface area contributed by atoms with E-state index in [1.807, 2.05) is 93.5 Å². The number of halogens is 1. The standard InChI is InChI=1S/C16H23BO4.C16H20N2O3.C6H9IN2O/c1-10-8-11(2)13(9-12(10)14(18)19-7)17-20-15(3,4)16(5,6)21-17;1-9-6-10(2)13(16(19)21-5)7-12(9)15-11(3)17-14(18-15)8-20-4;1-4-6(7)9-5(8-4)3-10-2/h8-9H,1-7H3;6-7H,8H2,1-5H3,(H,17,18);3H2,1-2H3,(H,8,9). The SMILES string of the molecule is COC(=O)c1cc(B2OC(C)(C)C(C)(C)O2)c(C)cc1C.COCc1nc(-c2cc(C(=O)OC)c(C)cc2C)c(C)[nH]1.COCc1nc(I)c(C)[nH]1. The van der Waals surface area contributed by atoms with Gasteiger partial charge in [-0.2, -0.15) is 0 Å². The molecule has 3 heterocycles. The molecule has 0 bridgehead atoms. The Balaban J connectivity index is 0.000000224. The van der Waals surface area contributed by atoms with E-state index in [2.05, 4.69) is 42.5 Å². The molecule has 0 aliphatic carbocycles. The number of H-pyrrole nitrogens is 2. The monoisotopic (exact) mass is 830 g/mol. The summed E-state index contributed by atoms with van der Waals surface area (Å²) in [5.41, 5.74) is 8.90. The zero-order valence-electron chi connectivity index (χ0n) is 32.8. The highest BCUT2D eigenvalue weighted by Gasteiger charge is 2.52. The molecular formula is C38H52BIN4O8. The normalized spacial score (nSPS) is 14.2. The molecule has 12 nitrogen and oxygen atoms in total. The van der Waals surface area contributed by atoms with Gasteiger partial charge >= 0.3 is 19.1 Å². The summed E-state index contributed by atoms with van der Waals surface area (Å²) in [5.74, 6) is 0.985. The van der Waals surface area contributed by atoms with E-state index in [-0.39, 0.29) is 11.9 Å². The zero-order valence-corrected chi connectivity index (χ0v) is 35.0. The molecule has 1 saturated heterocycles. The number of rotatable bonds is 8. The van der Waals surface area contributed by atoms with Gasteiger partial charge in [0.1, 0.15) is 28.6 Å². The Morgan fingerprint density at radius 1 is 0.692 bits per heavy atom. The van der Waals surface area contributed by atoms with Crippen LogP contribution < -0.4 is 5.46 Å². The second kappa shape index (κ2) is 18.0. The summed E-state index contributed by atoms with van der Waals surface area (Å²) in [5, 5.41) is 0. The van der Waals surface area contributed by atoms with Gasteiger partial charge in [-0.25, -0.2) is 19.6 Å². The number of ether oxygens (including phenoxy) is 4. The number of esters is 2. The predicted octanol–water partition coefficient (Wildman–Crippen LogP) is 6.79. The van der Waals surface area contributed by atoms with Crippen molar-refractivity contribution in [1.29, 1.82) is 0 Å². The topological polar surface area (TPSA) is 147 Å². The van der Waals surface area contributed by atoms with Crippen molar-refractivity contribution in [1.82, 2.24) is 19.9 Å². The lowest BCUT2D eigenvalue weighted by atomic mass is 9.75. The molecule has 0 amide bonds. The maximum Gasteiger partial charge on any atom is 0.495 e. The van der Waals surface area contributed by atoms with Crippen LogP contribution in [0.4, 0.5) is 0 Å². The van der Waals surface area contributed by atoms with E-state index in [4.69, 9.17) is 28.3 Å². The van der Waals surface area contributed by atoms with E-state index in [9.17, 15) is 9.59 Å². The summed E-state index contributed by atoms with van der Waals surface area (Å²) in [6.07, 6.45) is 0. The number of nitrogens with zero attached hydrogens (tertiary/aromatic N) is 2. The van der Waals surface area contributed by atoms with Gasteiger partial charge in [-0.05, 0) is 126 Å². The fourth-order valence-electron chi connectivity index (χ4n) is 5.55. The molecule has 1 aliphatic rings. The third kappa shape index (κ3) is 10.1. The number of hydrogen-bond donors (Lipinski definition) is 2. The van der Waals surface area contributed by atoms with E-state index in [1.165, 1.54) is 14.2 Å². The predicted molar refractivity (Wildman–Crippen MR) is 210 cm³/mol. The van der Waals surface area contributed by atoms with E-state index in [1.54, 1.807) is 14.2 Å². The van der Waals surface area contributed by atoms with E-state index >= 15 is 0 Å². The lowest BCUT2D eigenvalue weighted by Gasteiger charge is -2.32. The summed E-state index contributed by atoms with van der Waals surface area (Å²) < 4.78 is 32.8. The smallest absolute Gasteiger partial charge is 0.465 e. The number of aryl methyl sites for hydroxylation is 6. The Morgan fingerprint density at radius 3 is 1.62 bits per heavy atom. The summed E-state index contributed by atoms with van der Waals surface area (Å²) in [6, 6.07) is 7.60. The number of aromatic amines is 2. The number of nitrogens with one attached hydrogen (secondary N) is 2. The van der Waals surface area contributed by atoms with Crippen molar-refractivity contribution < 1.29 is 37.8 Å². The quantitative estimate of drug-likeness (QED) is 0.111. The number of imidazole rings is 2. The number of hydrogen-bond acceptors (Lipinski definition) is 10. The van der Waals surface area contributed by atoms with Crippen LogP contribution in [0.15, 0.2) is 24.3 Å². The highest BCUT2D eigenvalue weighted by molar-refractivity contribution is 14.1. The maximum atomic E-state index is 11.9. The molecule has 0 unspecified atom stereocenters. The van der Waals surface area contributed by atoms with Gasteiger partial charge in [0.25, 0.3) is 0 Å². The Hall–Kier alpha value is -3.57. The summed E-state index contributed by atoms with van der Waals surface area (Å²) in [7, 11) is 5.59. The molecule has 52 heavy (non-hydrogen) atoms. The van der Waals surface area contributed by atoms with Gasteiger partial charge in [0, 0.05) is 31.2 Å². The number of carbonyl (C=O) groups is 2. The van der Waals surface area contributed by atoms with Crippen molar-refractivity contribution >= 4 is 47.1 Å². The fourth-order valence-corrected chi connectivity index (χ4v) is 5.98. The molecule has 1 fully saturated rings. The van der Waals surface area contributed by atoms with Crippen LogP contribution in [-0.4, -0.2) is 78.6 Å². The van der Waals surface area contributed by atoms with Gasteiger partial charge in [0.2, 0.25) is 0 Å². The maximum absolute atomic E-state index is 11.9. The molecular weight excluding hydrogens is 778 g/mol. The molecule has 5 rings (SSSR count). The fraction of sp³-hybridized carbons (Fsp3) is 0.474. The zero-order chi connectivity index (χ0) is 39.1. The van der Waals surface area contributed by atoms with Gasteiger partial charge in [0.15, 0.2) is 0 Å². The molecule has 282 valence electrons. The minimum Gasteiger partial charge on any atom is -0.465 e. The molecule has 2 N–H and O–H groups in total. The van der Waals surface area contributed by atoms with Crippen LogP contribution in [-0.2, 0) is 41.5 Å². The lowest BCUT2D eigenvalue weighted by Crippen LogP contribution is -2.41. The number of benzene rings is 2. The van der Waals surface area contributed by atoms with E-state index in [0.717, 1.165) is 65.7 Å². The van der Waals surface area contributed by atoms with Crippen LogP contribution in [0.1, 0.15) is 93.7 Å². The molecule has 14 heteroatoms. The first-order valence-corrected chi connectivity index (χ1v) is 17.9. The first kappa shape index (κ1) is 42.8. The van der Waals surface area contributed by atoms with E-state index in [0.29, 0.717) is 24.3 Å². The van der Waals surface area contributed by atoms with Crippen molar-refractivity contribution in [3.8, 4) is 11.3 Å². The Bertz CT molecular complexity index is 1850. The van der Waals surface area contributed by atoms with Crippen LogP contribution in [0.5, 0.6) is 0 Å². The van der Waals surface area contributed by atoms with Crippen molar-refractivity contribution in [2.45, 2.75) is 93.7 Å². The van der Waals surface area contributed by atoms with E-state index < -0.39 is 18.3 Å². The molecule has 2 aromatic carbocycles. The summed E-state index contributed by atoms with van der Waals surface area (Å²) >= 11 is 2.19. The molecule has 0 radical (unpaired) electrons. The number of methoxy groups -OCH3 is 4. The Morgan fingerprint density at radius 2 is 1.15 bits per heavy atom. The molecule has 0 atom stereocenters. The first-order chi connectivity index (χ1) is 24.3. The minimum absolute atomic E-state index is 0.334. The van der Waals surface area contributed by atoms with Crippen molar-refractivity contribution in [3.63, 3.8) is 0 Å². The second-order valence-corrected chi connectivity index (χ2v) is 14.7. The van der Waals surface area contributed by atoms with Crippen LogP contribution in [0.3, 0.4) is 0 Å². The molecule has 0 saturated carbocycles. The van der Waals surface area contributed by atoms with Crippen LogP contribution in [0, 0.1) is 45.2 Å². The van der Waals surface area contributed by atoms with Crippen molar-refractivity contribution in [2.75, 3.05) is 28.4 Å². The third-order valence-electron chi connectivity index (χ3n) is 9.13. The number of aromatic nitrogens is 4. The van der Waals surface area contributed by atoms with Crippen LogP contribution in [0.2, 0.25) is 0 Å². The summed E-state index contributed by atoms with van der Waals surface area (Å²) in [4.78, 5) is 38.8. The average Bonchev–Trinajstić information content (AvgIpc) is 3.66. The molecule has 2 aromatic heterocycles. The second-order valence-electron chi connectivity index (χ2n) is 13.7. The van der Waals surface area contributed by atoms with Crippen LogP contribution >= 0.6 is 22.6 Å².